The van der Waals surface area contributed by atoms with Crippen LogP contribution in [-0.4, -0.2) is 11.9 Å². The van der Waals surface area contributed by atoms with Crippen LogP contribution in [0.25, 0.3) is 0 Å². The minimum absolute atomic E-state index is 0. The molecule has 0 aliphatic carbocycles. The molecular weight excluding hydrogens is 197 g/mol. The molecule has 0 rings (SSSR count). The van der Waals surface area contributed by atoms with Crippen molar-refractivity contribution in [1.82, 2.24) is 0 Å². The van der Waals surface area contributed by atoms with Crippen molar-refractivity contribution in [2.24, 2.45) is 0 Å². The van der Waals surface area contributed by atoms with Crippen LogP contribution in [-0.2, 0) is 33.8 Å². The van der Waals surface area contributed by atoms with E-state index in [1.54, 1.807) is 0 Å². The van der Waals surface area contributed by atoms with Crippen LogP contribution in [0.1, 0.15) is 19.8 Å². The van der Waals surface area contributed by atoms with Gasteiger partial charge in [0.2, 0.25) is 0 Å². The second-order valence-electron chi connectivity index (χ2n) is 1.75. The summed E-state index contributed by atoms with van der Waals surface area (Å²) < 4.78 is 4.24. The SMILES string of the molecule is C=CC(=O)OC(=O)CCC.[Zn]. The number of hydrogen-bond donors (Lipinski definition) is 0. The molecule has 3 nitrogen and oxygen atoms in total. The van der Waals surface area contributed by atoms with Gasteiger partial charge in [-0.25, -0.2) is 4.79 Å². The summed E-state index contributed by atoms with van der Waals surface area (Å²) in [5.41, 5.74) is 0. The van der Waals surface area contributed by atoms with Crippen molar-refractivity contribution in [2.75, 3.05) is 0 Å². The first-order chi connectivity index (χ1) is 4.70. The van der Waals surface area contributed by atoms with Gasteiger partial charge in [0, 0.05) is 32.0 Å². The third kappa shape index (κ3) is 7.40. The summed E-state index contributed by atoms with van der Waals surface area (Å²) in [5, 5.41) is 0. The summed E-state index contributed by atoms with van der Waals surface area (Å²) >= 11 is 0. The van der Waals surface area contributed by atoms with E-state index in [-0.39, 0.29) is 25.9 Å². The molecule has 58 valence electrons. The molecule has 0 aliphatic rings. The van der Waals surface area contributed by atoms with E-state index in [1.165, 1.54) is 0 Å². The number of esters is 2. The summed E-state index contributed by atoms with van der Waals surface area (Å²) in [5.74, 6) is -1.18. The molecule has 0 unspecified atom stereocenters. The molecule has 0 saturated carbocycles. The van der Waals surface area contributed by atoms with E-state index < -0.39 is 11.9 Å². The van der Waals surface area contributed by atoms with Crippen LogP contribution in [0.15, 0.2) is 12.7 Å². The summed E-state index contributed by atoms with van der Waals surface area (Å²) in [6.45, 7) is 4.98. The van der Waals surface area contributed by atoms with Gasteiger partial charge in [0.05, 0.1) is 0 Å². The fraction of sp³-hybridized carbons (Fsp3) is 0.429. The van der Waals surface area contributed by atoms with Crippen molar-refractivity contribution in [3.8, 4) is 0 Å². The molecule has 0 aromatic heterocycles. The van der Waals surface area contributed by atoms with E-state index in [9.17, 15) is 9.59 Å². The third-order valence-electron chi connectivity index (χ3n) is 0.835. The molecule has 0 amide bonds. The second kappa shape index (κ2) is 7.61. The summed E-state index contributed by atoms with van der Waals surface area (Å²) in [7, 11) is 0. The minimum atomic E-state index is -0.682. The van der Waals surface area contributed by atoms with Gasteiger partial charge in [-0.05, 0) is 6.42 Å². The Kier molecular flexibility index (Phi) is 9.07. The van der Waals surface area contributed by atoms with Crippen LogP contribution in [0.5, 0.6) is 0 Å². The fourth-order valence-corrected chi connectivity index (χ4v) is 0.409. The summed E-state index contributed by atoms with van der Waals surface area (Å²) in [6, 6.07) is 0. The molecule has 0 atom stereocenters. The largest absolute Gasteiger partial charge is 0.390 e. The zero-order valence-corrected chi connectivity index (χ0v) is 9.60. The number of hydrogen-bond acceptors (Lipinski definition) is 3. The Morgan fingerprint density at radius 1 is 1.55 bits per heavy atom. The Hall–Kier alpha value is -0.497. The number of carbonyl (C=O) groups excluding carboxylic acids is 2. The van der Waals surface area contributed by atoms with E-state index in [0.717, 1.165) is 6.08 Å². The maximum Gasteiger partial charge on any atom is 0.337 e. The van der Waals surface area contributed by atoms with Gasteiger partial charge in [-0.15, -0.1) is 0 Å². The maximum atomic E-state index is 10.5. The van der Waals surface area contributed by atoms with Crippen LogP contribution in [0.2, 0.25) is 0 Å². The number of rotatable bonds is 3. The molecule has 0 aromatic rings. The van der Waals surface area contributed by atoms with Gasteiger partial charge in [0.25, 0.3) is 0 Å². The van der Waals surface area contributed by atoms with Crippen LogP contribution in [0.4, 0.5) is 0 Å². The monoisotopic (exact) mass is 206 g/mol. The normalized spacial score (nSPS) is 7.73. The average Bonchev–Trinajstić information content (AvgIpc) is 1.88. The van der Waals surface area contributed by atoms with Crippen molar-refractivity contribution >= 4 is 11.9 Å². The van der Waals surface area contributed by atoms with E-state index in [2.05, 4.69) is 11.3 Å². The van der Waals surface area contributed by atoms with Gasteiger partial charge >= 0.3 is 11.9 Å². The zero-order chi connectivity index (χ0) is 7.98. The first kappa shape index (κ1) is 13.1. The van der Waals surface area contributed by atoms with Crippen molar-refractivity contribution in [1.29, 1.82) is 0 Å². The van der Waals surface area contributed by atoms with Crippen molar-refractivity contribution in [3.05, 3.63) is 12.7 Å². The molecule has 0 radical (unpaired) electrons. The summed E-state index contributed by atoms with van der Waals surface area (Å²) in [6.07, 6.45) is 1.93. The smallest absolute Gasteiger partial charge is 0.337 e. The predicted molar refractivity (Wildman–Crippen MR) is 36.2 cm³/mol. The molecule has 0 spiro atoms. The van der Waals surface area contributed by atoms with Crippen LogP contribution >= 0.6 is 0 Å². The molecular formula is C7H10O3Zn. The van der Waals surface area contributed by atoms with E-state index in [1.807, 2.05) is 6.92 Å². The number of ether oxygens (including phenoxy) is 1. The first-order valence-electron chi connectivity index (χ1n) is 3.07. The van der Waals surface area contributed by atoms with Gasteiger partial charge in [-0.1, -0.05) is 13.5 Å². The van der Waals surface area contributed by atoms with E-state index in [0.29, 0.717) is 6.42 Å². The average molecular weight is 208 g/mol. The molecule has 0 N–H and O–H groups in total. The Labute approximate surface area is 78.6 Å². The molecule has 0 aromatic carbocycles. The molecule has 0 bridgehead atoms. The summed E-state index contributed by atoms with van der Waals surface area (Å²) in [4.78, 5) is 20.9. The van der Waals surface area contributed by atoms with Crippen LogP contribution in [0.3, 0.4) is 0 Å². The van der Waals surface area contributed by atoms with Gasteiger partial charge in [-0.2, -0.15) is 0 Å². The van der Waals surface area contributed by atoms with Gasteiger partial charge < -0.3 is 4.74 Å². The van der Waals surface area contributed by atoms with Gasteiger partial charge in [0.1, 0.15) is 0 Å². The van der Waals surface area contributed by atoms with E-state index >= 15 is 0 Å². The Balaban J connectivity index is 0. The van der Waals surface area contributed by atoms with Crippen LogP contribution in [0, 0.1) is 0 Å². The number of carbonyl (C=O) groups is 2. The van der Waals surface area contributed by atoms with Gasteiger partial charge in [-0.3, -0.25) is 4.79 Å². The van der Waals surface area contributed by atoms with Gasteiger partial charge in [0.15, 0.2) is 0 Å². The topological polar surface area (TPSA) is 43.4 Å². The molecule has 11 heavy (non-hydrogen) atoms. The molecule has 4 heteroatoms. The molecule has 0 heterocycles. The minimum Gasteiger partial charge on any atom is -0.390 e. The predicted octanol–water partition coefficient (Wildman–Crippen LogP) is 1.04. The van der Waals surface area contributed by atoms with Crippen molar-refractivity contribution in [2.45, 2.75) is 19.8 Å². The zero-order valence-electron chi connectivity index (χ0n) is 6.63. The quantitative estimate of drug-likeness (QED) is 0.301. The Bertz CT molecular complexity index is 154. The second-order valence-corrected chi connectivity index (χ2v) is 1.75. The Morgan fingerprint density at radius 3 is 2.45 bits per heavy atom. The first-order valence-corrected chi connectivity index (χ1v) is 3.07. The van der Waals surface area contributed by atoms with Crippen molar-refractivity contribution < 1.29 is 33.8 Å². The fourth-order valence-electron chi connectivity index (χ4n) is 0.409. The maximum absolute atomic E-state index is 10.5. The molecule has 0 aliphatic heterocycles. The standard InChI is InChI=1S/C7H10O3.Zn/c1-3-5-7(9)10-6(8)4-2;/h4H,2-3,5H2,1H3;. The molecule has 0 saturated heterocycles. The third-order valence-corrected chi connectivity index (χ3v) is 0.835. The van der Waals surface area contributed by atoms with Crippen molar-refractivity contribution in [3.63, 3.8) is 0 Å². The Morgan fingerprint density at radius 2 is 2.09 bits per heavy atom. The van der Waals surface area contributed by atoms with Crippen LogP contribution < -0.4 is 0 Å². The molecule has 0 fully saturated rings. The van der Waals surface area contributed by atoms with E-state index in [4.69, 9.17) is 0 Å².